The number of anilines is 2. The number of thiophene rings is 1. The highest BCUT2D eigenvalue weighted by atomic mass is 32.2. The number of carbonyl (C=O) groups excluding carboxylic acids is 1. The molecule has 152 valence electrons. The summed E-state index contributed by atoms with van der Waals surface area (Å²) < 4.78 is 37.2. The minimum atomic E-state index is -3.44. The lowest BCUT2D eigenvalue weighted by Crippen LogP contribution is -2.11. The Hall–Kier alpha value is -3.30. The molecule has 0 fully saturated rings. The first-order chi connectivity index (χ1) is 14.2. The quantitative estimate of drug-likeness (QED) is 0.459. The molecule has 0 saturated carbocycles. The van der Waals surface area contributed by atoms with Crippen LogP contribution >= 0.6 is 11.3 Å². The number of fused-ring (bicyclic) bond motifs is 1. The van der Waals surface area contributed by atoms with Crippen LogP contribution in [0.4, 0.5) is 15.8 Å². The topological polar surface area (TPSA) is 102 Å². The predicted octanol–water partition coefficient (Wildman–Crippen LogP) is 4.34. The number of nitrogens with two attached hydrogens (primary N) is 1. The molecule has 0 aliphatic rings. The molecule has 2 aromatic heterocycles. The summed E-state index contributed by atoms with van der Waals surface area (Å²) in [7, 11) is -3.44. The van der Waals surface area contributed by atoms with E-state index in [-0.39, 0.29) is 16.8 Å². The van der Waals surface area contributed by atoms with Gasteiger partial charge in [0.2, 0.25) is 0 Å². The van der Waals surface area contributed by atoms with Crippen LogP contribution in [0, 0.1) is 5.82 Å². The molecule has 4 rings (SSSR count). The summed E-state index contributed by atoms with van der Waals surface area (Å²) in [6, 6.07) is 14.3. The number of nitrogen functional groups attached to an aromatic ring is 1. The van der Waals surface area contributed by atoms with Crippen LogP contribution in [0.3, 0.4) is 0 Å². The van der Waals surface area contributed by atoms with Crippen molar-refractivity contribution in [2.75, 3.05) is 17.3 Å². The van der Waals surface area contributed by atoms with Gasteiger partial charge in [0.25, 0.3) is 5.91 Å². The molecular formula is C21H16FN3O3S2. The van der Waals surface area contributed by atoms with E-state index in [1.54, 1.807) is 36.4 Å². The number of hydrogen-bond acceptors (Lipinski definition) is 6. The molecule has 0 unspecified atom stereocenters. The van der Waals surface area contributed by atoms with E-state index in [4.69, 9.17) is 5.73 Å². The minimum Gasteiger partial charge on any atom is -0.397 e. The van der Waals surface area contributed by atoms with Crippen LogP contribution in [0.2, 0.25) is 0 Å². The highest BCUT2D eigenvalue weighted by Crippen LogP contribution is 2.30. The van der Waals surface area contributed by atoms with Crippen LogP contribution in [0.1, 0.15) is 9.67 Å². The smallest absolute Gasteiger partial charge is 0.265 e. The molecule has 0 bridgehead atoms. The Labute approximate surface area is 176 Å². The van der Waals surface area contributed by atoms with Crippen molar-refractivity contribution in [2.24, 2.45) is 0 Å². The van der Waals surface area contributed by atoms with Gasteiger partial charge in [-0.15, -0.1) is 11.3 Å². The molecule has 2 heterocycles. The van der Waals surface area contributed by atoms with E-state index in [0.29, 0.717) is 26.3 Å². The summed E-state index contributed by atoms with van der Waals surface area (Å²) >= 11 is 1.16. The lowest BCUT2D eigenvalue weighted by molar-refractivity contribution is 0.103. The zero-order valence-electron chi connectivity index (χ0n) is 15.7. The predicted molar refractivity (Wildman–Crippen MR) is 117 cm³/mol. The van der Waals surface area contributed by atoms with Crippen molar-refractivity contribution in [1.82, 2.24) is 4.98 Å². The number of pyridine rings is 1. The van der Waals surface area contributed by atoms with E-state index in [1.165, 1.54) is 24.4 Å². The van der Waals surface area contributed by atoms with Gasteiger partial charge in [0, 0.05) is 22.5 Å². The Morgan fingerprint density at radius 1 is 1.07 bits per heavy atom. The summed E-state index contributed by atoms with van der Waals surface area (Å²) in [6.45, 7) is 0. The van der Waals surface area contributed by atoms with Gasteiger partial charge in [0.1, 0.15) is 5.82 Å². The Morgan fingerprint density at radius 3 is 2.47 bits per heavy atom. The number of rotatable bonds is 4. The second-order valence-corrected chi connectivity index (χ2v) is 9.75. The number of benzene rings is 2. The molecule has 0 atom stereocenters. The van der Waals surface area contributed by atoms with Gasteiger partial charge in [0.15, 0.2) is 14.9 Å². The maximum Gasteiger partial charge on any atom is 0.265 e. The first-order valence-corrected chi connectivity index (χ1v) is 11.5. The Bertz CT molecular complexity index is 1380. The minimum absolute atomic E-state index is 0.0416. The van der Waals surface area contributed by atoms with Gasteiger partial charge in [0.05, 0.1) is 16.3 Å². The molecule has 2 aromatic carbocycles. The van der Waals surface area contributed by atoms with E-state index in [1.807, 2.05) is 0 Å². The van der Waals surface area contributed by atoms with Gasteiger partial charge < -0.3 is 11.1 Å². The molecule has 0 spiro atoms. The average molecular weight is 442 g/mol. The molecule has 4 aromatic rings. The Kier molecular flexibility index (Phi) is 5.00. The maximum absolute atomic E-state index is 13.2. The Balaban J connectivity index is 1.63. The van der Waals surface area contributed by atoms with Crippen LogP contribution in [0.25, 0.3) is 21.2 Å². The Morgan fingerprint density at radius 2 is 1.77 bits per heavy atom. The van der Waals surface area contributed by atoms with Gasteiger partial charge >= 0.3 is 0 Å². The third-order valence-corrected chi connectivity index (χ3v) is 6.54. The molecule has 0 aliphatic carbocycles. The van der Waals surface area contributed by atoms with E-state index >= 15 is 0 Å². The first kappa shape index (κ1) is 20.0. The SMILES string of the molecule is CS(=O)(=O)c1cc2sc(C(=O)Nc3cc(-c4ccc(F)cc4)ccc3N)cc2cn1. The van der Waals surface area contributed by atoms with Gasteiger partial charge in [-0.2, -0.15) is 0 Å². The fraction of sp³-hybridized carbons (Fsp3) is 0.0476. The van der Waals surface area contributed by atoms with Crippen LogP contribution in [0.15, 0.2) is 65.8 Å². The van der Waals surface area contributed by atoms with Gasteiger partial charge in [-0.05, 0) is 47.5 Å². The highest BCUT2D eigenvalue weighted by molar-refractivity contribution is 7.90. The third-order valence-electron chi connectivity index (χ3n) is 4.46. The van der Waals surface area contributed by atoms with Crippen molar-refractivity contribution in [3.05, 3.63) is 71.5 Å². The molecule has 0 saturated heterocycles. The largest absolute Gasteiger partial charge is 0.397 e. The van der Waals surface area contributed by atoms with Crippen molar-refractivity contribution in [1.29, 1.82) is 0 Å². The second-order valence-electron chi connectivity index (χ2n) is 6.71. The monoisotopic (exact) mass is 441 g/mol. The molecule has 9 heteroatoms. The van der Waals surface area contributed by atoms with Crippen molar-refractivity contribution in [3.63, 3.8) is 0 Å². The summed E-state index contributed by atoms with van der Waals surface area (Å²) in [6.07, 6.45) is 2.52. The molecule has 1 amide bonds. The van der Waals surface area contributed by atoms with E-state index in [9.17, 15) is 17.6 Å². The zero-order chi connectivity index (χ0) is 21.5. The van der Waals surface area contributed by atoms with Crippen LogP contribution in [-0.4, -0.2) is 25.6 Å². The second kappa shape index (κ2) is 7.51. The zero-order valence-corrected chi connectivity index (χ0v) is 17.4. The standard InChI is InChI=1S/C21H16FN3O3S2/c1-30(27,28)20-10-18-14(11-24-20)9-19(29-18)21(26)25-17-8-13(4-7-16(17)23)12-2-5-15(22)6-3-12/h2-11H,23H2,1H3,(H,25,26). The number of hydrogen-bond donors (Lipinski definition) is 2. The molecule has 0 aliphatic heterocycles. The number of halogens is 1. The lowest BCUT2D eigenvalue weighted by atomic mass is 10.0. The number of aromatic nitrogens is 1. The van der Waals surface area contributed by atoms with Gasteiger partial charge in [-0.1, -0.05) is 18.2 Å². The molecule has 0 radical (unpaired) electrons. The third kappa shape index (κ3) is 4.03. The van der Waals surface area contributed by atoms with Gasteiger partial charge in [-0.3, -0.25) is 4.79 Å². The van der Waals surface area contributed by atoms with Crippen LogP contribution < -0.4 is 11.1 Å². The fourth-order valence-electron chi connectivity index (χ4n) is 2.90. The number of nitrogens with zero attached hydrogens (tertiary/aromatic N) is 1. The van der Waals surface area contributed by atoms with Crippen molar-refractivity contribution in [3.8, 4) is 11.1 Å². The van der Waals surface area contributed by atoms with E-state index in [2.05, 4.69) is 10.3 Å². The summed E-state index contributed by atoms with van der Waals surface area (Å²) in [5.74, 6) is -0.707. The fourth-order valence-corrected chi connectivity index (χ4v) is 4.52. The van der Waals surface area contributed by atoms with E-state index < -0.39 is 9.84 Å². The van der Waals surface area contributed by atoms with Crippen molar-refractivity contribution in [2.45, 2.75) is 5.03 Å². The molecular weight excluding hydrogens is 425 g/mol. The van der Waals surface area contributed by atoms with E-state index in [0.717, 1.165) is 28.7 Å². The average Bonchev–Trinajstić information content (AvgIpc) is 3.13. The maximum atomic E-state index is 13.2. The number of sulfone groups is 1. The molecule has 3 N–H and O–H groups in total. The lowest BCUT2D eigenvalue weighted by Gasteiger charge is -2.10. The van der Waals surface area contributed by atoms with Crippen LogP contribution in [0.5, 0.6) is 0 Å². The molecule has 6 nitrogen and oxygen atoms in total. The molecule has 30 heavy (non-hydrogen) atoms. The summed E-state index contributed by atoms with van der Waals surface area (Å²) in [5, 5.41) is 3.42. The number of nitrogens with one attached hydrogen (secondary N) is 1. The van der Waals surface area contributed by atoms with Crippen molar-refractivity contribution >= 4 is 48.5 Å². The first-order valence-electron chi connectivity index (χ1n) is 8.77. The number of carbonyl (C=O) groups is 1. The van der Waals surface area contributed by atoms with Crippen molar-refractivity contribution < 1.29 is 17.6 Å². The normalized spacial score (nSPS) is 11.5. The number of amides is 1. The van der Waals surface area contributed by atoms with Crippen LogP contribution in [-0.2, 0) is 9.84 Å². The summed E-state index contributed by atoms with van der Waals surface area (Å²) in [4.78, 5) is 17.1. The highest BCUT2D eigenvalue weighted by Gasteiger charge is 2.16. The van der Waals surface area contributed by atoms with Gasteiger partial charge in [-0.25, -0.2) is 17.8 Å². The summed E-state index contributed by atoms with van der Waals surface area (Å²) in [5.41, 5.74) is 8.38.